The summed E-state index contributed by atoms with van der Waals surface area (Å²) in [6.07, 6.45) is 6.59. The van der Waals surface area contributed by atoms with Gasteiger partial charge in [-0.1, -0.05) is 17.7 Å². The number of carbonyl (C=O) groups is 1. The van der Waals surface area contributed by atoms with Crippen LogP contribution >= 0.6 is 11.6 Å². The number of aryl methyl sites for hydroxylation is 1. The van der Waals surface area contributed by atoms with Crippen LogP contribution in [0.4, 0.5) is 5.69 Å². The van der Waals surface area contributed by atoms with E-state index in [9.17, 15) is 15.0 Å². The second-order valence-corrected chi connectivity index (χ2v) is 11.6. The molecule has 2 fully saturated rings. The fraction of sp³-hybridized carbons (Fsp3) is 0.552. The maximum atomic E-state index is 11.8. The fourth-order valence-corrected chi connectivity index (χ4v) is 7.14. The SMILES string of the molecule is O=C(O)c1ccc2c(c1)N(C[C@@H]1CC[C@H]1[C@H]1C[C@H](O)CCO1)CC1(CCCc3cc(Cl)ccc31)CO2. The summed E-state index contributed by atoms with van der Waals surface area (Å²) in [5.74, 6) is 0.673. The van der Waals surface area contributed by atoms with Gasteiger partial charge in [-0.15, -0.1) is 0 Å². The van der Waals surface area contributed by atoms with Crippen molar-refractivity contribution >= 4 is 23.3 Å². The molecule has 4 aliphatic rings. The molecule has 2 aromatic carbocycles. The third kappa shape index (κ3) is 4.37. The van der Waals surface area contributed by atoms with Gasteiger partial charge in [0, 0.05) is 30.1 Å². The second-order valence-electron chi connectivity index (χ2n) is 11.2. The Morgan fingerprint density at radius 2 is 2.06 bits per heavy atom. The van der Waals surface area contributed by atoms with Crippen LogP contribution in [0.1, 0.15) is 60.0 Å². The van der Waals surface area contributed by atoms with Gasteiger partial charge in [-0.05, 0) is 98.2 Å². The highest BCUT2D eigenvalue weighted by atomic mass is 35.5. The number of carboxylic acids is 1. The van der Waals surface area contributed by atoms with Crippen molar-refractivity contribution in [3.05, 3.63) is 58.1 Å². The number of hydrogen-bond acceptors (Lipinski definition) is 5. The molecule has 2 aliphatic carbocycles. The van der Waals surface area contributed by atoms with Gasteiger partial charge in [0.05, 0.1) is 30.1 Å². The molecular weight excluding hydrogens is 478 g/mol. The van der Waals surface area contributed by atoms with Crippen molar-refractivity contribution in [3.8, 4) is 5.75 Å². The molecule has 5 atom stereocenters. The summed E-state index contributed by atoms with van der Waals surface area (Å²) in [6, 6.07) is 11.5. The van der Waals surface area contributed by atoms with Gasteiger partial charge >= 0.3 is 5.97 Å². The molecular formula is C29H34ClNO5. The number of nitrogens with zero attached hydrogens (tertiary/aromatic N) is 1. The molecule has 0 amide bonds. The normalized spacial score (nSPS) is 31.6. The predicted molar refractivity (Wildman–Crippen MR) is 138 cm³/mol. The van der Waals surface area contributed by atoms with Crippen LogP contribution in [-0.2, 0) is 16.6 Å². The molecule has 6 rings (SSSR count). The van der Waals surface area contributed by atoms with Gasteiger partial charge in [0.25, 0.3) is 0 Å². The van der Waals surface area contributed by atoms with E-state index in [0.29, 0.717) is 37.9 Å². The van der Waals surface area contributed by atoms with Crippen LogP contribution in [0.3, 0.4) is 0 Å². The van der Waals surface area contributed by atoms with E-state index in [0.717, 1.165) is 61.7 Å². The van der Waals surface area contributed by atoms with Crippen molar-refractivity contribution in [1.82, 2.24) is 0 Å². The number of carboxylic acid groups (broad SMARTS) is 1. The lowest BCUT2D eigenvalue weighted by atomic mass is 9.67. The van der Waals surface area contributed by atoms with Crippen molar-refractivity contribution in [3.63, 3.8) is 0 Å². The molecule has 2 N–H and O–H groups in total. The Labute approximate surface area is 217 Å². The number of aliphatic hydroxyl groups excluding tert-OH is 1. The molecule has 1 spiro atoms. The Morgan fingerprint density at radius 1 is 1.17 bits per heavy atom. The van der Waals surface area contributed by atoms with E-state index in [1.54, 1.807) is 12.1 Å². The Morgan fingerprint density at radius 3 is 2.83 bits per heavy atom. The summed E-state index contributed by atoms with van der Waals surface area (Å²) in [7, 11) is 0. The third-order valence-electron chi connectivity index (χ3n) is 8.98. The highest BCUT2D eigenvalue weighted by Crippen LogP contribution is 2.47. The quantitative estimate of drug-likeness (QED) is 0.596. The van der Waals surface area contributed by atoms with E-state index in [1.807, 2.05) is 12.1 Å². The van der Waals surface area contributed by atoms with E-state index in [-0.39, 0.29) is 23.2 Å². The summed E-state index contributed by atoms with van der Waals surface area (Å²) in [5, 5.41) is 20.7. The van der Waals surface area contributed by atoms with E-state index in [1.165, 1.54) is 11.1 Å². The second kappa shape index (κ2) is 9.55. The minimum atomic E-state index is -0.930. The summed E-state index contributed by atoms with van der Waals surface area (Å²) < 4.78 is 12.5. The average molecular weight is 512 g/mol. The van der Waals surface area contributed by atoms with Gasteiger partial charge in [0.2, 0.25) is 0 Å². The smallest absolute Gasteiger partial charge is 0.335 e. The van der Waals surface area contributed by atoms with E-state index in [4.69, 9.17) is 21.1 Å². The molecule has 0 bridgehead atoms. The highest BCUT2D eigenvalue weighted by Gasteiger charge is 2.45. The van der Waals surface area contributed by atoms with Gasteiger partial charge in [-0.3, -0.25) is 0 Å². The van der Waals surface area contributed by atoms with Gasteiger partial charge in [0.1, 0.15) is 5.75 Å². The maximum Gasteiger partial charge on any atom is 0.335 e. The van der Waals surface area contributed by atoms with E-state index >= 15 is 0 Å². The number of rotatable bonds is 4. The molecule has 0 aromatic heterocycles. The van der Waals surface area contributed by atoms with Crippen molar-refractivity contribution in [1.29, 1.82) is 0 Å². The van der Waals surface area contributed by atoms with E-state index < -0.39 is 5.97 Å². The number of aliphatic hydroxyl groups is 1. The Bertz CT molecular complexity index is 1150. The Balaban J connectivity index is 1.34. The Kier molecular flexibility index (Phi) is 6.39. The zero-order valence-electron chi connectivity index (χ0n) is 20.5. The van der Waals surface area contributed by atoms with Gasteiger partial charge < -0.3 is 24.6 Å². The number of anilines is 1. The van der Waals surface area contributed by atoms with Gasteiger partial charge in [0.15, 0.2) is 0 Å². The summed E-state index contributed by atoms with van der Waals surface area (Å²) in [6.45, 7) is 2.78. The number of benzene rings is 2. The minimum absolute atomic E-state index is 0.104. The molecule has 1 unspecified atom stereocenters. The first-order chi connectivity index (χ1) is 17.4. The standard InChI is InChI=1S/C29H34ClNO5/c30-21-5-7-24-18(12-21)2-1-10-29(24)16-31(25-13-19(28(33)34)4-8-26(25)36-17-29)15-20-3-6-23(20)27-14-22(32)9-11-35-27/h4-5,7-8,12-13,20,22-23,27,32H,1-3,6,9-11,14-17H2,(H,33,34)/t20-,22+,23+,27+,29?/m0/s1. The lowest BCUT2D eigenvalue weighted by molar-refractivity contribution is -0.101. The van der Waals surface area contributed by atoms with Crippen LogP contribution in [0.5, 0.6) is 5.75 Å². The van der Waals surface area contributed by atoms with Crippen molar-refractivity contribution in [2.45, 2.75) is 62.6 Å². The zero-order valence-corrected chi connectivity index (χ0v) is 21.3. The van der Waals surface area contributed by atoms with Gasteiger partial charge in [-0.25, -0.2) is 4.79 Å². The number of hydrogen-bond donors (Lipinski definition) is 2. The van der Waals surface area contributed by atoms with Crippen LogP contribution in [0, 0.1) is 11.8 Å². The molecule has 2 heterocycles. The molecule has 2 aromatic rings. The first-order valence-electron chi connectivity index (χ1n) is 13.3. The van der Waals surface area contributed by atoms with Crippen molar-refractivity contribution < 1.29 is 24.5 Å². The molecule has 2 aliphatic heterocycles. The monoisotopic (exact) mass is 511 g/mol. The van der Waals surface area contributed by atoms with Crippen molar-refractivity contribution in [2.75, 3.05) is 31.2 Å². The molecule has 192 valence electrons. The maximum absolute atomic E-state index is 11.8. The lowest BCUT2D eigenvalue weighted by Crippen LogP contribution is -2.50. The Hall–Kier alpha value is -2.28. The molecule has 7 heteroatoms. The summed E-state index contributed by atoms with van der Waals surface area (Å²) in [4.78, 5) is 14.2. The third-order valence-corrected chi connectivity index (χ3v) is 9.22. The molecule has 36 heavy (non-hydrogen) atoms. The van der Waals surface area contributed by atoms with Gasteiger partial charge in [-0.2, -0.15) is 0 Å². The molecule has 6 nitrogen and oxygen atoms in total. The lowest BCUT2D eigenvalue weighted by Gasteiger charge is -2.47. The van der Waals surface area contributed by atoms with Crippen LogP contribution in [0.2, 0.25) is 5.02 Å². The minimum Gasteiger partial charge on any atom is -0.490 e. The van der Waals surface area contributed by atoms with E-state index in [2.05, 4.69) is 17.0 Å². The number of aromatic carboxylic acids is 1. The van der Waals surface area contributed by atoms with Crippen molar-refractivity contribution in [2.24, 2.45) is 11.8 Å². The van der Waals surface area contributed by atoms with Crippen LogP contribution in [0.25, 0.3) is 0 Å². The summed E-state index contributed by atoms with van der Waals surface area (Å²) in [5.41, 5.74) is 3.55. The summed E-state index contributed by atoms with van der Waals surface area (Å²) >= 11 is 6.35. The zero-order chi connectivity index (χ0) is 24.9. The first kappa shape index (κ1) is 24.1. The first-order valence-corrected chi connectivity index (χ1v) is 13.6. The molecule has 0 radical (unpaired) electrons. The molecule has 1 saturated carbocycles. The largest absolute Gasteiger partial charge is 0.490 e. The topological polar surface area (TPSA) is 79.2 Å². The average Bonchev–Trinajstić information content (AvgIpc) is 2.99. The number of ether oxygens (including phenoxy) is 2. The molecule has 1 saturated heterocycles. The number of halogens is 1. The fourth-order valence-electron chi connectivity index (χ4n) is 6.95. The number of fused-ring (bicyclic) bond motifs is 3. The van der Waals surface area contributed by atoms with Crippen LogP contribution in [-0.4, -0.2) is 54.7 Å². The van der Waals surface area contributed by atoms with Crippen LogP contribution in [0.15, 0.2) is 36.4 Å². The highest BCUT2D eigenvalue weighted by molar-refractivity contribution is 6.30. The van der Waals surface area contributed by atoms with Crippen LogP contribution < -0.4 is 9.64 Å². The predicted octanol–water partition coefficient (Wildman–Crippen LogP) is 5.08.